The maximum Gasteiger partial charge on any atom is 0.321 e. The minimum Gasteiger partial charge on any atom is -0.488 e. The molecule has 190 valence electrons. The maximum atomic E-state index is 13.2. The molecule has 1 heterocycles. The van der Waals surface area contributed by atoms with Crippen LogP contribution in [0.1, 0.15) is 19.4 Å². The molecule has 0 spiro atoms. The number of carbonyl (C=O) groups is 2. The summed E-state index contributed by atoms with van der Waals surface area (Å²) in [5.74, 6) is 0.0128. The van der Waals surface area contributed by atoms with Gasteiger partial charge in [0.2, 0.25) is 5.91 Å². The number of ether oxygens (including phenoxy) is 1. The summed E-state index contributed by atoms with van der Waals surface area (Å²) in [6.45, 7) is 4.29. The molecule has 1 aliphatic heterocycles. The molecule has 9 heteroatoms. The first kappa shape index (κ1) is 26.3. The summed E-state index contributed by atoms with van der Waals surface area (Å²) in [4.78, 5) is 31.2. The van der Waals surface area contributed by atoms with Crippen LogP contribution in [-0.2, 0) is 11.2 Å². The Morgan fingerprint density at radius 2 is 1.91 bits per heavy atom. The normalized spacial score (nSPS) is 18.9. The average Bonchev–Trinajstić information content (AvgIpc) is 2.87. The first-order valence-corrected chi connectivity index (χ1v) is 11.7. The summed E-state index contributed by atoms with van der Waals surface area (Å²) in [5, 5.41) is 12.5. The summed E-state index contributed by atoms with van der Waals surface area (Å²) >= 11 is 0. The molecule has 0 fully saturated rings. The smallest absolute Gasteiger partial charge is 0.321 e. The first-order chi connectivity index (χ1) is 16.6. The lowest BCUT2D eigenvalue weighted by atomic mass is 10.0. The monoisotopic (exact) mass is 486 g/mol. The minimum absolute atomic E-state index is 0.0813. The molecule has 35 heavy (non-hydrogen) atoms. The van der Waals surface area contributed by atoms with Gasteiger partial charge in [0, 0.05) is 50.5 Å². The summed E-state index contributed by atoms with van der Waals surface area (Å²) < 4.78 is 19.6. The Kier molecular flexibility index (Phi) is 8.56. The Labute approximate surface area is 206 Å². The zero-order valence-corrected chi connectivity index (χ0v) is 21.0. The van der Waals surface area contributed by atoms with Crippen molar-refractivity contribution >= 4 is 23.3 Å². The van der Waals surface area contributed by atoms with Crippen LogP contribution in [0, 0.1) is 11.7 Å². The van der Waals surface area contributed by atoms with Crippen molar-refractivity contribution in [1.82, 2.24) is 9.80 Å². The number of hydrogen-bond acceptors (Lipinski definition) is 5. The highest BCUT2D eigenvalue weighted by atomic mass is 19.1. The fraction of sp³-hybridized carbons (Fsp3) is 0.462. The SMILES string of the molecule is C[C@@H]1CN([C@@H](C)CO)C(=O)Cc2cc(N(C)C)ccc2O[C@@H]1CN(C)C(=O)Nc1ccc(F)cc1. The number of urea groups is 1. The number of amides is 3. The van der Waals surface area contributed by atoms with Gasteiger partial charge in [0.15, 0.2) is 0 Å². The van der Waals surface area contributed by atoms with Crippen molar-refractivity contribution in [1.29, 1.82) is 0 Å². The summed E-state index contributed by atoms with van der Waals surface area (Å²) in [7, 11) is 5.52. The quantitative estimate of drug-likeness (QED) is 0.655. The lowest BCUT2D eigenvalue weighted by Crippen LogP contribution is -2.48. The van der Waals surface area contributed by atoms with Gasteiger partial charge in [-0.1, -0.05) is 6.92 Å². The second-order valence-corrected chi connectivity index (χ2v) is 9.39. The molecule has 0 saturated heterocycles. The van der Waals surface area contributed by atoms with Crippen LogP contribution >= 0.6 is 0 Å². The largest absolute Gasteiger partial charge is 0.488 e. The molecule has 0 radical (unpaired) electrons. The fourth-order valence-electron chi connectivity index (χ4n) is 4.02. The zero-order valence-electron chi connectivity index (χ0n) is 21.0. The van der Waals surface area contributed by atoms with Gasteiger partial charge in [-0.15, -0.1) is 0 Å². The maximum absolute atomic E-state index is 13.2. The number of carbonyl (C=O) groups excluding carboxylic acids is 2. The van der Waals surface area contributed by atoms with Gasteiger partial charge >= 0.3 is 6.03 Å². The van der Waals surface area contributed by atoms with Crippen LogP contribution in [0.25, 0.3) is 0 Å². The van der Waals surface area contributed by atoms with Crippen molar-refractivity contribution in [2.45, 2.75) is 32.4 Å². The van der Waals surface area contributed by atoms with E-state index >= 15 is 0 Å². The molecular formula is C26H35FN4O4. The third-order valence-corrected chi connectivity index (χ3v) is 6.31. The number of benzene rings is 2. The number of nitrogens with one attached hydrogen (secondary N) is 1. The molecule has 3 amide bonds. The van der Waals surface area contributed by atoms with Crippen molar-refractivity contribution < 1.29 is 23.8 Å². The van der Waals surface area contributed by atoms with Gasteiger partial charge in [0.1, 0.15) is 17.7 Å². The molecule has 8 nitrogen and oxygen atoms in total. The van der Waals surface area contributed by atoms with Gasteiger partial charge in [-0.05, 0) is 49.4 Å². The number of aliphatic hydroxyl groups is 1. The van der Waals surface area contributed by atoms with E-state index in [0.29, 0.717) is 18.0 Å². The van der Waals surface area contributed by atoms with Crippen LogP contribution in [0.5, 0.6) is 5.75 Å². The molecule has 0 aromatic heterocycles. The van der Waals surface area contributed by atoms with Gasteiger partial charge in [0.05, 0.1) is 25.6 Å². The van der Waals surface area contributed by atoms with Gasteiger partial charge < -0.3 is 29.9 Å². The van der Waals surface area contributed by atoms with E-state index in [-0.39, 0.29) is 49.3 Å². The van der Waals surface area contributed by atoms with E-state index in [1.165, 1.54) is 29.2 Å². The molecule has 2 aromatic carbocycles. The van der Waals surface area contributed by atoms with E-state index in [1.807, 2.05) is 51.0 Å². The van der Waals surface area contributed by atoms with Crippen LogP contribution in [0.3, 0.4) is 0 Å². The van der Waals surface area contributed by atoms with Crippen molar-refractivity contribution in [3.63, 3.8) is 0 Å². The van der Waals surface area contributed by atoms with Crippen molar-refractivity contribution in [3.8, 4) is 5.75 Å². The van der Waals surface area contributed by atoms with Crippen molar-refractivity contribution in [2.24, 2.45) is 5.92 Å². The van der Waals surface area contributed by atoms with Crippen LogP contribution < -0.4 is 15.0 Å². The topological polar surface area (TPSA) is 85.4 Å². The van der Waals surface area contributed by atoms with E-state index < -0.39 is 6.10 Å². The van der Waals surface area contributed by atoms with E-state index in [2.05, 4.69) is 5.32 Å². The van der Waals surface area contributed by atoms with Crippen LogP contribution in [0.15, 0.2) is 42.5 Å². The predicted molar refractivity (Wildman–Crippen MR) is 134 cm³/mol. The highest BCUT2D eigenvalue weighted by Gasteiger charge is 2.32. The third-order valence-electron chi connectivity index (χ3n) is 6.31. The average molecular weight is 487 g/mol. The summed E-state index contributed by atoms with van der Waals surface area (Å²) in [6, 6.07) is 10.6. The van der Waals surface area contributed by atoms with Crippen LogP contribution in [0.4, 0.5) is 20.6 Å². The highest BCUT2D eigenvalue weighted by Crippen LogP contribution is 2.30. The molecule has 0 unspecified atom stereocenters. The number of hydrogen-bond donors (Lipinski definition) is 2. The van der Waals surface area contributed by atoms with Gasteiger partial charge in [-0.25, -0.2) is 9.18 Å². The molecule has 3 atom stereocenters. The summed E-state index contributed by atoms with van der Waals surface area (Å²) in [6.07, 6.45) is -0.260. The number of halogens is 1. The fourth-order valence-corrected chi connectivity index (χ4v) is 4.02. The predicted octanol–water partition coefficient (Wildman–Crippen LogP) is 3.20. The number of anilines is 2. The Hall–Kier alpha value is -3.33. The molecule has 1 aliphatic rings. The third kappa shape index (κ3) is 6.63. The van der Waals surface area contributed by atoms with Gasteiger partial charge in [0.25, 0.3) is 0 Å². The van der Waals surface area contributed by atoms with Crippen molar-refractivity contribution in [3.05, 3.63) is 53.8 Å². The molecule has 2 N–H and O–H groups in total. The molecule has 0 bridgehead atoms. The molecule has 3 rings (SSSR count). The van der Waals surface area contributed by atoms with E-state index in [0.717, 1.165) is 11.3 Å². The van der Waals surface area contributed by atoms with E-state index in [4.69, 9.17) is 4.74 Å². The number of aliphatic hydroxyl groups excluding tert-OH is 1. The number of fused-ring (bicyclic) bond motifs is 1. The number of nitrogens with zero attached hydrogens (tertiary/aromatic N) is 3. The highest BCUT2D eigenvalue weighted by molar-refractivity contribution is 5.89. The molecule has 2 aromatic rings. The lowest BCUT2D eigenvalue weighted by molar-refractivity contribution is -0.134. The van der Waals surface area contributed by atoms with Crippen LogP contribution in [-0.4, -0.2) is 79.8 Å². The Bertz CT molecular complexity index is 1030. The molecular weight excluding hydrogens is 451 g/mol. The van der Waals surface area contributed by atoms with Gasteiger partial charge in [-0.2, -0.15) is 0 Å². The molecule has 0 saturated carbocycles. The number of likely N-dealkylation sites (N-methyl/N-ethyl adjacent to an activating group) is 1. The second-order valence-electron chi connectivity index (χ2n) is 9.39. The lowest BCUT2D eigenvalue weighted by Gasteiger charge is -2.34. The van der Waals surface area contributed by atoms with Crippen molar-refractivity contribution in [2.75, 3.05) is 51.1 Å². The van der Waals surface area contributed by atoms with Gasteiger partial charge in [-0.3, -0.25) is 4.79 Å². The summed E-state index contributed by atoms with van der Waals surface area (Å²) in [5.41, 5.74) is 2.19. The minimum atomic E-state index is -0.415. The zero-order chi connectivity index (χ0) is 25.7. The first-order valence-electron chi connectivity index (χ1n) is 11.7. The Morgan fingerprint density at radius 3 is 2.54 bits per heavy atom. The Morgan fingerprint density at radius 1 is 1.23 bits per heavy atom. The number of rotatable bonds is 6. The standard InChI is InChI=1S/C26H35FN4O4/c1-17-14-31(18(2)16-32)25(33)13-19-12-22(29(3)4)10-11-23(19)35-24(17)15-30(5)26(34)28-21-8-6-20(27)7-9-21/h6-12,17-18,24,32H,13-16H2,1-5H3,(H,28,34)/t17-,18+,24-/m1/s1. The Balaban J connectivity index is 1.86. The molecule has 0 aliphatic carbocycles. The second kappa shape index (κ2) is 11.4. The van der Waals surface area contributed by atoms with E-state index in [1.54, 1.807) is 11.9 Å². The van der Waals surface area contributed by atoms with Crippen LogP contribution in [0.2, 0.25) is 0 Å². The van der Waals surface area contributed by atoms with E-state index in [9.17, 15) is 19.1 Å².